The smallest absolute Gasteiger partial charge is 0.253 e. The van der Waals surface area contributed by atoms with Crippen molar-refractivity contribution in [2.45, 2.75) is 26.9 Å². The number of piperazine rings is 1. The van der Waals surface area contributed by atoms with Crippen molar-refractivity contribution >= 4 is 5.91 Å². The molecule has 24 heavy (non-hydrogen) atoms. The van der Waals surface area contributed by atoms with Gasteiger partial charge in [0.05, 0.1) is 12.2 Å². The zero-order chi connectivity index (χ0) is 17.1. The van der Waals surface area contributed by atoms with E-state index in [1.807, 2.05) is 43.0 Å². The van der Waals surface area contributed by atoms with E-state index >= 15 is 0 Å². The number of nitrogens with zero attached hydrogens (tertiary/aromatic N) is 3. The lowest BCUT2D eigenvalue weighted by molar-refractivity contribution is 0.0618. The molecule has 1 amide bonds. The highest BCUT2D eigenvalue weighted by atomic mass is 16.4. The van der Waals surface area contributed by atoms with Gasteiger partial charge in [-0.2, -0.15) is 0 Å². The van der Waals surface area contributed by atoms with Crippen molar-refractivity contribution in [3.8, 4) is 0 Å². The number of benzene rings is 1. The first-order valence-electron chi connectivity index (χ1n) is 8.30. The quantitative estimate of drug-likeness (QED) is 0.925. The van der Waals surface area contributed by atoms with Crippen molar-refractivity contribution in [1.82, 2.24) is 14.8 Å². The molecule has 2 aromatic rings. The van der Waals surface area contributed by atoms with E-state index in [4.69, 9.17) is 10.2 Å². The van der Waals surface area contributed by atoms with Crippen LogP contribution in [0.1, 0.15) is 33.3 Å². The third kappa shape index (κ3) is 3.66. The van der Waals surface area contributed by atoms with Gasteiger partial charge in [-0.05, 0) is 31.5 Å². The van der Waals surface area contributed by atoms with Gasteiger partial charge in [0.25, 0.3) is 5.91 Å². The number of carbonyl (C=O) groups excluding carboxylic acids is 1. The van der Waals surface area contributed by atoms with Crippen LogP contribution in [0.2, 0.25) is 0 Å². The molecule has 1 aromatic heterocycles. The van der Waals surface area contributed by atoms with Crippen molar-refractivity contribution in [2.75, 3.05) is 26.2 Å². The molecule has 1 saturated heterocycles. The minimum Gasteiger partial charge on any atom is -0.444 e. The topological polar surface area (TPSA) is 75.6 Å². The molecule has 0 radical (unpaired) electrons. The SMILES string of the molecule is Cc1nc(CN2CCN(C(=O)c3ccc(CN)cc3)CC2)oc1C. The van der Waals surface area contributed by atoms with Crippen molar-refractivity contribution in [1.29, 1.82) is 0 Å². The predicted octanol–water partition coefficient (Wildman–Crippen LogP) is 1.71. The van der Waals surface area contributed by atoms with E-state index in [1.165, 1.54) is 0 Å². The summed E-state index contributed by atoms with van der Waals surface area (Å²) in [5, 5.41) is 0. The number of carbonyl (C=O) groups is 1. The molecule has 128 valence electrons. The Labute approximate surface area is 142 Å². The lowest BCUT2D eigenvalue weighted by Gasteiger charge is -2.34. The lowest BCUT2D eigenvalue weighted by Crippen LogP contribution is -2.48. The van der Waals surface area contributed by atoms with Crippen molar-refractivity contribution in [3.63, 3.8) is 0 Å². The Kier molecular flexibility index (Phi) is 4.97. The molecule has 1 aromatic carbocycles. The summed E-state index contributed by atoms with van der Waals surface area (Å²) in [7, 11) is 0. The van der Waals surface area contributed by atoms with Crippen LogP contribution in [0.4, 0.5) is 0 Å². The first-order chi connectivity index (χ1) is 11.6. The van der Waals surface area contributed by atoms with Crippen LogP contribution in [0.3, 0.4) is 0 Å². The summed E-state index contributed by atoms with van der Waals surface area (Å²) in [6, 6.07) is 7.54. The van der Waals surface area contributed by atoms with E-state index in [2.05, 4.69) is 9.88 Å². The van der Waals surface area contributed by atoms with Gasteiger partial charge in [-0.3, -0.25) is 9.69 Å². The summed E-state index contributed by atoms with van der Waals surface area (Å²) in [4.78, 5) is 21.2. The maximum absolute atomic E-state index is 12.6. The monoisotopic (exact) mass is 328 g/mol. The molecule has 0 bridgehead atoms. The van der Waals surface area contributed by atoms with Gasteiger partial charge in [0.1, 0.15) is 5.76 Å². The van der Waals surface area contributed by atoms with Crippen LogP contribution in [-0.2, 0) is 13.1 Å². The van der Waals surface area contributed by atoms with Gasteiger partial charge in [-0.15, -0.1) is 0 Å². The van der Waals surface area contributed by atoms with Gasteiger partial charge < -0.3 is 15.1 Å². The molecule has 2 N–H and O–H groups in total. The molecule has 2 heterocycles. The van der Waals surface area contributed by atoms with Gasteiger partial charge in [0.15, 0.2) is 0 Å². The standard InChI is InChI=1S/C18H24N4O2/c1-13-14(2)24-17(20-13)12-21-7-9-22(10-8-21)18(23)16-5-3-15(11-19)4-6-16/h3-6H,7-12,19H2,1-2H3. The number of aromatic nitrogens is 1. The molecule has 0 unspecified atom stereocenters. The molecule has 1 aliphatic heterocycles. The Morgan fingerprint density at radius 3 is 2.38 bits per heavy atom. The van der Waals surface area contributed by atoms with Crippen LogP contribution in [0, 0.1) is 13.8 Å². The molecular formula is C18H24N4O2. The second-order valence-corrected chi connectivity index (χ2v) is 6.22. The summed E-state index contributed by atoms with van der Waals surface area (Å²) >= 11 is 0. The summed E-state index contributed by atoms with van der Waals surface area (Å²) in [5.41, 5.74) is 8.30. The Morgan fingerprint density at radius 2 is 1.83 bits per heavy atom. The number of hydrogen-bond acceptors (Lipinski definition) is 5. The van der Waals surface area contributed by atoms with Gasteiger partial charge >= 0.3 is 0 Å². The van der Waals surface area contributed by atoms with E-state index in [9.17, 15) is 4.79 Å². The first kappa shape index (κ1) is 16.7. The van der Waals surface area contributed by atoms with Crippen molar-refractivity contribution < 1.29 is 9.21 Å². The highest BCUT2D eigenvalue weighted by molar-refractivity contribution is 5.94. The maximum Gasteiger partial charge on any atom is 0.253 e. The Morgan fingerprint density at radius 1 is 1.17 bits per heavy atom. The maximum atomic E-state index is 12.6. The van der Waals surface area contributed by atoms with Crippen LogP contribution < -0.4 is 5.73 Å². The second-order valence-electron chi connectivity index (χ2n) is 6.22. The number of rotatable bonds is 4. The third-order valence-electron chi connectivity index (χ3n) is 4.53. The van der Waals surface area contributed by atoms with Crippen LogP contribution in [0.5, 0.6) is 0 Å². The molecule has 0 spiro atoms. The fraction of sp³-hybridized carbons (Fsp3) is 0.444. The number of nitrogens with two attached hydrogens (primary N) is 1. The van der Waals surface area contributed by atoms with Crippen LogP contribution in [0.15, 0.2) is 28.7 Å². The number of oxazole rings is 1. The van der Waals surface area contributed by atoms with Crippen molar-refractivity contribution in [3.05, 3.63) is 52.7 Å². The molecular weight excluding hydrogens is 304 g/mol. The lowest BCUT2D eigenvalue weighted by atomic mass is 10.1. The van der Waals surface area contributed by atoms with Gasteiger partial charge in [-0.1, -0.05) is 12.1 Å². The summed E-state index contributed by atoms with van der Waals surface area (Å²) in [6.07, 6.45) is 0. The number of amides is 1. The molecule has 1 fully saturated rings. The minimum absolute atomic E-state index is 0.0843. The van der Waals surface area contributed by atoms with E-state index in [0.717, 1.165) is 54.7 Å². The normalized spacial score (nSPS) is 15.7. The van der Waals surface area contributed by atoms with Gasteiger partial charge in [0, 0.05) is 38.3 Å². The zero-order valence-electron chi connectivity index (χ0n) is 14.3. The predicted molar refractivity (Wildman–Crippen MR) is 91.5 cm³/mol. The molecule has 0 aliphatic carbocycles. The number of aryl methyl sites for hydroxylation is 2. The zero-order valence-corrected chi connectivity index (χ0v) is 14.3. The average molecular weight is 328 g/mol. The Bertz CT molecular complexity index is 681. The van der Waals surface area contributed by atoms with E-state index in [-0.39, 0.29) is 5.91 Å². The fourth-order valence-electron chi connectivity index (χ4n) is 2.87. The van der Waals surface area contributed by atoms with Crippen LogP contribution in [0.25, 0.3) is 0 Å². The highest BCUT2D eigenvalue weighted by Crippen LogP contribution is 2.14. The summed E-state index contributed by atoms with van der Waals surface area (Å²) in [5.74, 6) is 1.71. The van der Waals surface area contributed by atoms with Crippen molar-refractivity contribution in [2.24, 2.45) is 5.73 Å². The molecule has 0 saturated carbocycles. The Balaban J connectivity index is 1.54. The fourth-order valence-corrected chi connectivity index (χ4v) is 2.87. The first-order valence-corrected chi connectivity index (χ1v) is 8.30. The molecule has 3 rings (SSSR count). The largest absolute Gasteiger partial charge is 0.444 e. The van der Waals surface area contributed by atoms with E-state index < -0.39 is 0 Å². The highest BCUT2D eigenvalue weighted by Gasteiger charge is 2.23. The van der Waals surface area contributed by atoms with Gasteiger partial charge in [0.2, 0.25) is 5.89 Å². The third-order valence-corrected chi connectivity index (χ3v) is 4.53. The molecule has 0 atom stereocenters. The average Bonchev–Trinajstić information content (AvgIpc) is 2.92. The van der Waals surface area contributed by atoms with E-state index in [0.29, 0.717) is 13.1 Å². The molecule has 6 nitrogen and oxygen atoms in total. The minimum atomic E-state index is 0.0843. The van der Waals surface area contributed by atoms with Crippen LogP contribution >= 0.6 is 0 Å². The number of hydrogen-bond donors (Lipinski definition) is 1. The molecule has 1 aliphatic rings. The van der Waals surface area contributed by atoms with E-state index in [1.54, 1.807) is 0 Å². The van der Waals surface area contributed by atoms with Crippen LogP contribution in [-0.4, -0.2) is 46.9 Å². The molecule has 6 heteroatoms. The summed E-state index contributed by atoms with van der Waals surface area (Å²) in [6.45, 7) is 8.16. The van der Waals surface area contributed by atoms with Gasteiger partial charge in [-0.25, -0.2) is 4.98 Å². The summed E-state index contributed by atoms with van der Waals surface area (Å²) < 4.78 is 5.64. The Hall–Kier alpha value is -2.18. The second kappa shape index (κ2) is 7.15.